The fourth-order valence-corrected chi connectivity index (χ4v) is 3.43. The van der Waals surface area contributed by atoms with Gasteiger partial charge in [-0.2, -0.15) is 13.2 Å². The molecule has 1 atom stereocenters. The summed E-state index contributed by atoms with van der Waals surface area (Å²) >= 11 is 0. The third kappa shape index (κ3) is 6.57. The van der Waals surface area contributed by atoms with E-state index in [0.717, 1.165) is 30.0 Å². The Morgan fingerprint density at radius 2 is 1.79 bits per heavy atom. The highest BCUT2D eigenvalue weighted by atomic mass is 35.5. The first kappa shape index (κ1) is 28.6. The number of hydrogen-bond donors (Lipinski definition) is 3. The van der Waals surface area contributed by atoms with Crippen LogP contribution in [-0.4, -0.2) is 34.6 Å². The molecule has 6 nitrogen and oxygen atoms in total. The van der Waals surface area contributed by atoms with Crippen molar-refractivity contribution in [3.8, 4) is 11.1 Å². The Balaban J connectivity index is 0.00000272. The molecule has 1 aromatic heterocycles. The van der Waals surface area contributed by atoms with Gasteiger partial charge in [-0.15, -0.1) is 0 Å². The topological polar surface area (TPSA) is 102 Å². The van der Waals surface area contributed by atoms with Gasteiger partial charge in [0.1, 0.15) is 11.9 Å². The van der Waals surface area contributed by atoms with Crippen molar-refractivity contribution in [3.05, 3.63) is 53.6 Å². The number of nitrogens with one attached hydrogen (secondary N) is 1. The zero-order valence-electron chi connectivity index (χ0n) is 17.9. The maximum atomic E-state index is 13.8. The molecule has 7 N–H and O–H groups in total. The van der Waals surface area contributed by atoms with Crippen molar-refractivity contribution < 1.29 is 58.6 Å². The zero-order chi connectivity index (χ0) is 22.8. The lowest BCUT2D eigenvalue weighted by atomic mass is 10.0. The quantitative estimate of drug-likeness (QED) is 0.281. The minimum atomic E-state index is -4.66. The van der Waals surface area contributed by atoms with Gasteiger partial charge in [0.25, 0.3) is 5.91 Å². The van der Waals surface area contributed by atoms with Crippen LogP contribution in [-0.2, 0) is 13.2 Å². The molecule has 0 spiro atoms. The van der Waals surface area contributed by atoms with Crippen LogP contribution in [0.5, 0.6) is 0 Å². The van der Waals surface area contributed by atoms with Crippen LogP contribution in [0.15, 0.2) is 36.4 Å². The highest BCUT2D eigenvalue weighted by Gasteiger charge is 2.35. The van der Waals surface area contributed by atoms with Gasteiger partial charge in [-0.1, -0.05) is 12.1 Å². The average molecular weight is 510 g/mol. The van der Waals surface area contributed by atoms with Crippen LogP contribution in [0.1, 0.15) is 29.0 Å². The lowest BCUT2D eigenvalue weighted by molar-refractivity contribution is -0.423. The molecule has 182 valence electrons. The van der Waals surface area contributed by atoms with Gasteiger partial charge >= 0.3 is 6.18 Å². The number of rotatable bonds is 7. The van der Waals surface area contributed by atoms with Crippen molar-refractivity contribution in [1.29, 1.82) is 0 Å². The largest absolute Gasteiger partial charge is 1.00 e. The maximum absolute atomic E-state index is 13.8. The van der Waals surface area contributed by atoms with Gasteiger partial charge < -0.3 is 46.2 Å². The molecule has 0 fully saturated rings. The number of halogens is 6. The summed E-state index contributed by atoms with van der Waals surface area (Å²) in [5, 5.41) is 2.69. The zero-order valence-corrected chi connectivity index (χ0v) is 19.4. The van der Waals surface area contributed by atoms with Crippen molar-refractivity contribution in [2.45, 2.75) is 25.1 Å². The van der Waals surface area contributed by atoms with E-state index in [1.54, 1.807) is 0 Å². The number of aryl methyl sites for hydroxylation is 1. The second-order valence-electron chi connectivity index (χ2n) is 7.46. The van der Waals surface area contributed by atoms with Gasteiger partial charge in [0.15, 0.2) is 5.82 Å². The predicted molar refractivity (Wildman–Crippen MR) is 107 cm³/mol. The van der Waals surface area contributed by atoms with E-state index in [9.17, 15) is 22.4 Å². The average Bonchev–Trinajstić information content (AvgIpc) is 3.06. The van der Waals surface area contributed by atoms with Crippen molar-refractivity contribution >= 4 is 16.9 Å². The lowest BCUT2D eigenvalue weighted by Crippen LogP contribution is -3.00. The minimum absolute atomic E-state index is 0. The Bertz CT molecular complexity index is 1090. The number of amides is 1. The molecule has 0 aliphatic heterocycles. The molecule has 12 heteroatoms. The van der Waals surface area contributed by atoms with Gasteiger partial charge in [-0.25, -0.2) is 9.37 Å². The summed E-state index contributed by atoms with van der Waals surface area (Å²) in [4.78, 5) is 16.8. The van der Waals surface area contributed by atoms with Crippen LogP contribution < -0.4 is 41.6 Å². The molecule has 0 bridgehead atoms. The van der Waals surface area contributed by atoms with Gasteiger partial charge in [0.05, 0.1) is 29.7 Å². The van der Waals surface area contributed by atoms with E-state index in [0.29, 0.717) is 5.56 Å². The van der Waals surface area contributed by atoms with E-state index in [1.165, 1.54) is 37.4 Å². The Hall–Kier alpha value is -2.40. The Morgan fingerprint density at radius 1 is 1.15 bits per heavy atom. The molecule has 0 radical (unpaired) electrons. The molecule has 1 amide bonds. The first-order chi connectivity index (χ1) is 14.6. The molecule has 3 aromatic rings. The van der Waals surface area contributed by atoms with Crippen molar-refractivity contribution in [3.63, 3.8) is 0 Å². The van der Waals surface area contributed by atoms with E-state index in [2.05, 4.69) is 21.8 Å². The van der Waals surface area contributed by atoms with Crippen molar-refractivity contribution in [2.75, 3.05) is 13.1 Å². The van der Waals surface area contributed by atoms with Crippen LogP contribution >= 0.6 is 0 Å². The van der Waals surface area contributed by atoms with E-state index in [-0.39, 0.29) is 59.8 Å². The fourth-order valence-electron chi connectivity index (χ4n) is 3.43. The van der Waals surface area contributed by atoms with Crippen molar-refractivity contribution in [1.82, 2.24) is 14.9 Å². The Kier molecular flexibility index (Phi) is 10.1. The van der Waals surface area contributed by atoms with Crippen LogP contribution in [0.2, 0.25) is 0 Å². The number of fused-ring (bicyclic) bond motifs is 1. The number of carbonyl (C=O) groups excluding carboxylic acids is 1. The van der Waals surface area contributed by atoms with Crippen LogP contribution in [0.25, 0.3) is 22.2 Å². The van der Waals surface area contributed by atoms with Crippen LogP contribution in [0.4, 0.5) is 17.6 Å². The second kappa shape index (κ2) is 11.6. The number of aromatic nitrogens is 2. The van der Waals surface area contributed by atoms with Crippen molar-refractivity contribution in [2.24, 2.45) is 7.05 Å². The standard InChI is InChI=1S/C21H23F4N5O.2ClH/c1-30-18-16(21(23,24)25)9-13(12-4-6-14(22)7-5-12)10-17(18)29-19(30)20(31)28-11-15(27)3-2-8-26;;/h4-7,9-10,15H,2-3,8,11,26-27H2,1H3,(H,28,31);2*1H/t15-;;/m1../s1. The third-order valence-corrected chi connectivity index (χ3v) is 5.07. The molecule has 3 rings (SSSR count). The molecular formula is C21H25Cl2F4N5O. The summed E-state index contributed by atoms with van der Waals surface area (Å²) < 4.78 is 55.8. The third-order valence-electron chi connectivity index (χ3n) is 5.07. The number of benzene rings is 2. The van der Waals surface area contributed by atoms with E-state index < -0.39 is 23.5 Å². The summed E-state index contributed by atoms with van der Waals surface area (Å²) in [7, 11) is 1.38. The molecule has 1 heterocycles. The number of alkyl halides is 3. The van der Waals surface area contributed by atoms with E-state index in [1.807, 2.05) is 0 Å². The molecule has 0 aliphatic carbocycles. The molecular weight excluding hydrogens is 485 g/mol. The van der Waals surface area contributed by atoms with Crippen LogP contribution in [0, 0.1) is 5.82 Å². The molecule has 2 aromatic carbocycles. The molecule has 0 saturated carbocycles. The highest BCUT2D eigenvalue weighted by Crippen LogP contribution is 2.38. The first-order valence-corrected chi connectivity index (χ1v) is 9.86. The van der Waals surface area contributed by atoms with Gasteiger partial charge in [0.2, 0.25) is 0 Å². The molecule has 0 unspecified atom stereocenters. The lowest BCUT2D eigenvalue weighted by Gasteiger charge is -2.13. The number of quaternary nitrogens is 2. The van der Waals surface area contributed by atoms with Gasteiger partial charge in [0, 0.05) is 19.9 Å². The van der Waals surface area contributed by atoms with Gasteiger partial charge in [-0.05, 0) is 35.4 Å². The van der Waals surface area contributed by atoms with E-state index in [4.69, 9.17) is 0 Å². The summed E-state index contributed by atoms with van der Waals surface area (Å²) in [6, 6.07) is 7.57. The Labute approximate surface area is 200 Å². The summed E-state index contributed by atoms with van der Waals surface area (Å²) in [6.45, 7) is 1.05. The molecule has 33 heavy (non-hydrogen) atoms. The summed E-state index contributed by atoms with van der Waals surface area (Å²) in [5.74, 6) is -1.18. The minimum Gasteiger partial charge on any atom is -1.00 e. The number of imidazole rings is 1. The fraction of sp³-hybridized carbons (Fsp3) is 0.333. The monoisotopic (exact) mass is 509 g/mol. The summed E-state index contributed by atoms with van der Waals surface area (Å²) in [5.41, 5.74) is 7.29. The smallest absolute Gasteiger partial charge is 0.418 e. The van der Waals surface area contributed by atoms with E-state index >= 15 is 0 Å². The highest BCUT2D eigenvalue weighted by molar-refractivity contribution is 5.96. The SMILES string of the molecule is Cn1c(C(=O)NC[C@H]([NH3+])CCC[NH3+])nc2cc(-c3ccc(F)cc3)cc(C(F)(F)F)c21.[Cl-].[Cl-]. The molecule has 0 aliphatic rings. The maximum Gasteiger partial charge on any atom is 0.418 e. The molecule has 0 saturated heterocycles. The number of nitrogens with zero attached hydrogens (tertiary/aromatic N) is 2. The van der Waals surface area contributed by atoms with Crippen LogP contribution in [0.3, 0.4) is 0 Å². The number of carbonyl (C=O) groups is 1. The predicted octanol–water partition coefficient (Wildman–Crippen LogP) is -4.23. The van der Waals surface area contributed by atoms with Gasteiger partial charge in [-0.3, -0.25) is 4.79 Å². The Morgan fingerprint density at radius 3 is 2.36 bits per heavy atom. The second-order valence-corrected chi connectivity index (χ2v) is 7.46. The first-order valence-electron chi connectivity index (χ1n) is 9.86. The normalized spacial score (nSPS) is 12.1. The number of hydrogen-bond acceptors (Lipinski definition) is 2. The summed E-state index contributed by atoms with van der Waals surface area (Å²) in [6.07, 6.45) is -3.01.